The molecule has 0 aromatic heterocycles. The zero-order valence-electron chi connectivity index (χ0n) is 5.39. The van der Waals surface area contributed by atoms with Gasteiger partial charge in [-0.3, -0.25) is 0 Å². The van der Waals surface area contributed by atoms with Crippen molar-refractivity contribution in [1.29, 1.82) is 0 Å². The molecule has 0 unspecified atom stereocenters. The Hall–Kier alpha value is -0.693. The van der Waals surface area contributed by atoms with Crippen molar-refractivity contribution in [3.05, 3.63) is 35.1 Å². The summed E-state index contributed by atoms with van der Waals surface area (Å²) in [4.78, 5) is 0. The van der Waals surface area contributed by atoms with E-state index in [0.29, 0.717) is 9.13 Å². The minimum absolute atomic E-state index is 0.473. The molecule has 0 spiro atoms. The first-order valence-corrected chi connectivity index (χ1v) is 4.40. The van der Waals surface area contributed by atoms with Crippen molar-refractivity contribution in [2.75, 3.05) is 0 Å². The maximum absolute atomic E-state index is 2.37. The first-order valence-electron chi connectivity index (χ1n) is 3.15. The zero-order valence-corrected chi connectivity index (χ0v) is 6.54. The Morgan fingerprint density at radius 3 is 3.11 bits per heavy atom. The molecule has 0 amide bonds. The minimum Gasteiger partial charge on any atom is -0.0764 e. The molecule has 9 heavy (non-hydrogen) atoms. The average molecular weight is 132 g/mol. The fourth-order valence-corrected chi connectivity index (χ4v) is 2.58. The Bertz CT molecular complexity index is 264. The normalized spacial score (nSPS) is 21.2. The lowest BCUT2D eigenvalue weighted by atomic mass is 10.1. The van der Waals surface area contributed by atoms with Gasteiger partial charge in [0, 0.05) is 9.13 Å². The quantitative estimate of drug-likeness (QED) is 0.431. The van der Waals surface area contributed by atoms with E-state index in [1.165, 1.54) is 11.1 Å². The monoisotopic (exact) mass is 132 g/mol. The molecule has 0 fully saturated rings. The first kappa shape index (κ1) is 5.12. The second-order valence-electron chi connectivity index (χ2n) is 2.41. The zero-order chi connectivity index (χ0) is 6.27. The summed E-state index contributed by atoms with van der Waals surface area (Å²) in [7, 11) is 0.473. The molecule has 0 aromatic carbocycles. The highest BCUT2D eigenvalue weighted by molar-refractivity contribution is 6.68. The van der Waals surface area contributed by atoms with Gasteiger partial charge in [0.25, 0.3) is 0 Å². The van der Waals surface area contributed by atoms with Gasteiger partial charge in [0.1, 0.15) is 0 Å². The molecule has 1 heteroatoms. The molecular formula is C8H8Si. The van der Waals surface area contributed by atoms with Crippen molar-refractivity contribution in [3.8, 4) is 0 Å². The summed E-state index contributed by atoms with van der Waals surface area (Å²) in [5.74, 6) is 0. The molecule has 2 aliphatic rings. The van der Waals surface area contributed by atoms with E-state index in [1.54, 1.807) is 5.17 Å². The molecule has 0 atom stereocenters. The SMILES string of the molecule is CC1=C[SiH]=C2C=CC=C12. The van der Waals surface area contributed by atoms with Crippen LogP contribution in [0.5, 0.6) is 0 Å². The third-order valence-corrected chi connectivity index (χ3v) is 3.32. The van der Waals surface area contributed by atoms with Crippen LogP contribution < -0.4 is 0 Å². The van der Waals surface area contributed by atoms with Crippen LogP contribution >= 0.6 is 0 Å². The smallest absolute Gasteiger partial charge is 0.0304 e. The number of hydrogen-bond acceptors (Lipinski definition) is 0. The first-order chi connectivity index (χ1) is 4.38. The second-order valence-corrected chi connectivity index (χ2v) is 3.70. The predicted octanol–water partition coefficient (Wildman–Crippen LogP) is 1.01. The van der Waals surface area contributed by atoms with Crippen LogP contribution in [-0.4, -0.2) is 14.3 Å². The summed E-state index contributed by atoms with van der Waals surface area (Å²) in [6.45, 7) is 2.19. The van der Waals surface area contributed by atoms with Crippen LogP contribution in [-0.2, 0) is 0 Å². The van der Waals surface area contributed by atoms with E-state index in [1.807, 2.05) is 0 Å². The van der Waals surface area contributed by atoms with E-state index < -0.39 is 0 Å². The van der Waals surface area contributed by atoms with Gasteiger partial charge in [-0.25, -0.2) is 0 Å². The van der Waals surface area contributed by atoms with Crippen molar-refractivity contribution >= 4 is 14.3 Å². The molecular weight excluding hydrogens is 124 g/mol. The van der Waals surface area contributed by atoms with Gasteiger partial charge in [-0.15, -0.1) is 0 Å². The van der Waals surface area contributed by atoms with E-state index in [9.17, 15) is 0 Å². The molecule has 2 rings (SSSR count). The molecule has 1 aliphatic heterocycles. The Kier molecular flexibility index (Phi) is 0.934. The van der Waals surface area contributed by atoms with Gasteiger partial charge in [0.05, 0.1) is 0 Å². The van der Waals surface area contributed by atoms with Crippen LogP contribution in [0.1, 0.15) is 6.92 Å². The van der Waals surface area contributed by atoms with E-state index in [2.05, 4.69) is 30.9 Å². The number of hydrogen-bond donors (Lipinski definition) is 0. The minimum atomic E-state index is 0.473. The summed E-state index contributed by atoms with van der Waals surface area (Å²) >= 11 is 0. The van der Waals surface area contributed by atoms with Crippen LogP contribution in [0.15, 0.2) is 35.1 Å². The van der Waals surface area contributed by atoms with Crippen LogP contribution in [0.4, 0.5) is 0 Å². The maximum Gasteiger partial charge on any atom is 0.0304 e. The van der Waals surface area contributed by atoms with E-state index in [-0.39, 0.29) is 0 Å². The van der Waals surface area contributed by atoms with Crippen LogP contribution in [0.25, 0.3) is 0 Å². The molecule has 0 N–H and O–H groups in total. The Balaban J connectivity index is 2.53. The highest BCUT2D eigenvalue weighted by atomic mass is 28.2. The fourth-order valence-electron chi connectivity index (χ4n) is 1.24. The van der Waals surface area contributed by atoms with Gasteiger partial charge < -0.3 is 0 Å². The maximum atomic E-state index is 2.37. The third kappa shape index (κ3) is 0.614. The van der Waals surface area contributed by atoms with Gasteiger partial charge >= 0.3 is 0 Å². The van der Waals surface area contributed by atoms with Gasteiger partial charge in [0.15, 0.2) is 0 Å². The van der Waals surface area contributed by atoms with Gasteiger partial charge in [-0.2, -0.15) is 0 Å². The highest BCUT2D eigenvalue weighted by Crippen LogP contribution is 2.19. The molecule has 0 bridgehead atoms. The summed E-state index contributed by atoms with van der Waals surface area (Å²) in [5, 5.41) is 1.58. The van der Waals surface area contributed by atoms with Crippen molar-refractivity contribution in [1.82, 2.24) is 0 Å². The van der Waals surface area contributed by atoms with Crippen molar-refractivity contribution in [3.63, 3.8) is 0 Å². The van der Waals surface area contributed by atoms with E-state index in [0.717, 1.165) is 0 Å². The molecule has 0 saturated carbocycles. The predicted molar refractivity (Wildman–Crippen MR) is 43.1 cm³/mol. The third-order valence-electron chi connectivity index (χ3n) is 1.79. The Labute approximate surface area is 57.0 Å². The lowest BCUT2D eigenvalue weighted by Crippen LogP contribution is -1.92. The van der Waals surface area contributed by atoms with Crippen molar-refractivity contribution in [2.24, 2.45) is 0 Å². The number of fused-ring (bicyclic) bond motifs is 1. The van der Waals surface area contributed by atoms with Crippen molar-refractivity contribution in [2.45, 2.75) is 6.92 Å². The standard InChI is InChI=1S/C8H8Si/c1-6-5-9-8-4-2-3-7(6)8/h2-5,9H,1H3. The van der Waals surface area contributed by atoms with Crippen molar-refractivity contribution < 1.29 is 0 Å². The lowest BCUT2D eigenvalue weighted by molar-refractivity contribution is 1.51. The molecule has 1 aliphatic carbocycles. The van der Waals surface area contributed by atoms with Crippen LogP contribution in [0.3, 0.4) is 0 Å². The molecule has 0 aromatic rings. The summed E-state index contributed by atoms with van der Waals surface area (Å²) < 4.78 is 0. The lowest BCUT2D eigenvalue weighted by Gasteiger charge is -1.95. The highest BCUT2D eigenvalue weighted by Gasteiger charge is 2.10. The topological polar surface area (TPSA) is 0 Å². The second kappa shape index (κ2) is 1.64. The van der Waals surface area contributed by atoms with E-state index >= 15 is 0 Å². The average Bonchev–Trinajstić information content (AvgIpc) is 2.35. The number of allylic oxidation sites excluding steroid dienone is 5. The van der Waals surface area contributed by atoms with Gasteiger partial charge in [-0.1, -0.05) is 23.9 Å². The summed E-state index contributed by atoms with van der Waals surface area (Å²) in [6, 6.07) is 0. The van der Waals surface area contributed by atoms with Gasteiger partial charge in [0.2, 0.25) is 0 Å². The van der Waals surface area contributed by atoms with Gasteiger partial charge in [-0.05, 0) is 23.2 Å². The molecule has 44 valence electrons. The molecule has 0 radical (unpaired) electrons. The molecule has 0 saturated heterocycles. The molecule has 1 heterocycles. The van der Waals surface area contributed by atoms with Crippen LogP contribution in [0.2, 0.25) is 0 Å². The summed E-state index contributed by atoms with van der Waals surface area (Å²) in [5.41, 5.74) is 5.33. The largest absolute Gasteiger partial charge is 0.0764 e. The number of rotatable bonds is 0. The van der Waals surface area contributed by atoms with Crippen LogP contribution in [0, 0.1) is 0 Å². The Morgan fingerprint density at radius 2 is 2.33 bits per heavy atom. The summed E-state index contributed by atoms with van der Waals surface area (Å²) in [6.07, 6.45) is 6.59. The molecule has 0 nitrogen and oxygen atoms in total. The Morgan fingerprint density at radius 1 is 1.44 bits per heavy atom. The van der Waals surface area contributed by atoms with E-state index in [4.69, 9.17) is 0 Å². The fraction of sp³-hybridized carbons (Fsp3) is 0.125.